The number of carboxylic acids is 1. The number of hydrogen-bond acceptors (Lipinski definition) is 8. The van der Waals surface area contributed by atoms with E-state index in [-0.39, 0.29) is 18.1 Å². The van der Waals surface area contributed by atoms with Crippen LogP contribution >= 0.6 is 24.4 Å². The Morgan fingerprint density at radius 1 is 1.38 bits per heavy atom. The lowest BCUT2D eigenvalue weighted by Gasteiger charge is -2.29. The van der Waals surface area contributed by atoms with Crippen LogP contribution in [0.2, 0.25) is 0 Å². The van der Waals surface area contributed by atoms with Crippen LogP contribution in [-0.2, 0) is 25.6 Å². The van der Waals surface area contributed by atoms with Crippen molar-refractivity contribution in [1.29, 1.82) is 0 Å². The summed E-state index contributed by atoms with van der Waals surface area (Å²) in [5.74, 6) is -1.82. The van der Waals surface area contributed by atoms with Crippen LogP contribution in [0.4, 0.5) is 0 Å². The number of aromatic amines is 1. The second-order valence-corrected chi connectivity index (χ2v) is 8.85. The predicted molar refractivity (Wildman–Crippen MR) is 123 cm³/mol. The Kier molecular flexibility index (Phi) is 10.3. The van der Waals surface area contributed by atoms with Crippen molar-refractivity contribution < 1.29 is 24.3 Å². The van der Waals surface area contributed by atoms with E-state index in [1.807, 2.05) is 6.26 Å². The molecule has 1 aromatic rings. The summed E-state index contributed by atoms with van der Waals surface area (Å²) in [6.07, 6.45) is 6.23. The molecule has 0 radical (unpaired) electrons. The van der Waals surface area contributed by atoms with Gasteiger partial charge in [0.2, 0.25) is 17.7 Å². The molecular weight excluding hydrogens is 456 g/mol. The molecule has 0 bridgehead atoms. The lowest BCUT2D eigenvalue weighted by atomic mass is 10.1. The number of likely N-dealkylation sites (tertiary alicyclic amines) is 1. The monoisotopic (exact) mass is 486 g/mol. The molecule has 2 rings (SSSR count). The normalized spacial score (nSPS) is 18.6. The van der Waals surface area contributed by atoms with E-state index in [0.29, 0.717) is 37.3 Å². The van der Waals surface area contributed by atoms with Gasteiger partial charge >= 0.3 is 5.97 Å². The number of aliphatic carboxylic acids is 1. The average molecular weight is 487 g/mol. The van der Waals surface area contributed by atoms with E-state index < -0.39 is 42.0 Å². The predicted octanol–water partition coefficient (Wildman–Crippen LogP) is -0.992. The minimum atomic E-state index is -1.19. The number of nitrogens with zero attached hydrogens (tertiary/aromatic N) is 2. The molecule has 4 unspecified atom stereocenters. The van der Waals surface area contributed by atoms with E-state index in [0.717, 1.165) is 0 Å². The third-order valence-corrected chi connectivity index (χ3v) is 6.23. The molecule has 1 saturated heterocycles. The second-order valence-electron chi connectivity index (χ2n) is 7.50. The number of H-pyrrole nitrogens is 1. The molecule has 3 amide bonds. The fourth-order valence-electron chi connectivity index (χ4n) is 3.44. The molecule has 0 saturated carbocycles. The molecule has 32 heavy (non-hydrogen) atoms. The third kappa shape index (κ3) is 7.14. The molecule has 0 aliphatic carbocycles. The number of amides is 3. The first kappa shape index (κ1) is 26.0. The number of aromatic nitrogens is 2. The second kappa shape index (κ2) is 12.7. The van der Waals surface area contributed by atoms with Crippen molar-refractivity contribution >= 4 is 48.1 Å². The van der Waals surface area contributed by atoms with Gasteiger partial charge in [0, 0.05) is 30.6 Å². The van der Waals surface area contributed by atoms with Crippen molar-refractivity contribution in [3.8, 4) is 0 Å². The number of nitrogens with one attached hydrogen (secondary N) is 3. The quantitative estimate of drug-likeness (QED) is 0.204. The Labute approximate surface area is 196 Å². The first-order valence-electron chi connectivity index (χ1n) is 10.2. The van der Waals surface area contributed by atoms with Crippen LogP contribution in [0.3, 0.4) is 0 Å². The molecule has 1 aromatic heterocycles. The van der Waals surface area contributed by atoms with Gasteiger partial charge in [0.15, 0.2) is 0 Å². The zero-order valence-electron chi connectivity index (χ0n) is 17.8. The topological polar surface area (TPSA) is 171 Å². The highest BCUT2D eigenvalue weighted by Gasteiger charge is 2.39. The Balaban J connectivity index is 2.09. The van der Waals surface area contributed by atoms with Crippen molar-refractivity contribution in [3.63, 3.8) is 0 Å². The van der Waals surface area contributed by atoms with Crippen molar-refractivity contribution in [3.05, 3.63) is 18.2 Å². The molecule has 2 heterocycles. The van der Waals surface area contributed by atoms with E-state index in [2.05, 4.69) is 33.2 Å². The van der Waals surface area contributed by atoms with E-state index in [1.165, 1.54) is 29.2 Å². The van der Waals surface area contributed by atoms with Gasteiger partial charge < -0.3 is 31.4 Å². The van der Waals surface area contributed by atoms with E-state index in [4.69, 9.17) is 5.73 Å². The minimum Gasteiger partial charge on any atom is -0.480 e. The van der Waals surface area contributed by atoms with Crippen LogP contribution in [0.15, 0.2) is 12.5 Å². The Morgan fingerprint density at radius 3 is 2.72 bits per heavy atom. The lowest BCUT2D eigenvalue weighted by Crippen LogP contribution is -2.57. The average Bonchev–Trinajstić information content (AvgIpc) is 3.46. The molecule has 1 fully saturated rings. The van der Waals surface area contributed by atoms with Crippen molar-refractivity contribution in [2.45, 2.75) is 49.9 Å². The minimum absolute atomic E-state index is 0.0375. The van der Waals surface area contributed by atoms with Crippen LogP contribution in [0.5, 0.6) is 0 Å². The molecule has 11 nitrogen and oxygen atoms in total. The van der Waals surface area contributed by atoms with Crippen LogP contribution in [0, 0.1) is 0 Å². The van der Waals surface area contributed by atoms with Gasteiger partial charge in [0.1, 0.15) is 18.1 Å². The maximum Gasteiger partial charge on any atom is 0.326 e. The van der Waals surface area contributed by atoms with Crippen LogP contribution in [-0.4, -0.2) is 92.1 Å². The number of rotatable bonds is 12. The summed E-state index contributed by atoms with van der Waals surface area (Å²) in [5.41, 5.74) is 6.28. The van der Waals surface area contributed by atoms with Crippen molar-refractivity contribution in [2.24, 2.45) is 5.73 Å². The largest absolute Gasteiger partial charge is 0.480 e. The SMILES string of the molecule is CSCCC(NC(=O)C(N)CS)C(=O)N1CCCC1C(=O)NC(Cc1cnc[nH]1)C(=O)O. The van der Waals surface area contributed by atoms with Gasteiger partial charge in [0.05, 0.1) is 12.4 Å². The standard InChI is InChI=1S/C19H30N6O5S2/c1-32-6-4-13(23-16(26)12(20)9-31)18(28)25-5-2-3-15(25)17(27)24-14(19(29)30)7-11-8-21-10-22-11/h8,10,12-15,31H,2-7,9,20H2,1H3,(H,21,22)(H,23,26)(H,24,27)(H,29,30). The summed E-state index contributed by atoms with van der Waals surface area (Å²) in [6.45, 7) is 0.347. The number of nitrogens with two attached hydrogens (primary N) is 1. The number of hydrogen-bond donors (Lipinski definition) is 6. The van der Waals surface area contributed by atoms with Crippen LogP contribution < -0.4 is 16.4 Å². The Hall–Kier alpha value is -2.25. The molecule has 0 aromatic carbocycles. The molecular formula is C19H30N6O5S2. The fraction of sp³-hybridized carbons (Fsp3) is 0.632. The Bertz CT molecular complexity index is 793. The summed E-state index contributed by atoms with van der Waals surface area (Å²) in [6, 6.07) is -3.65. The highest BCUT2D eigenvalue weighted by atomic mass is 32.2. The number of thiol groups is 1. The molecule has 13 heteroatoms. The fourth-order valence-corrected chi connectivity index (χ4v) is 4.08. The summed E-state index contributed by atoms with van der Waals surface area (Å²) < 4.78 is 0. The lowest BCUT2D eigenvalue weighted by molar-refractivity contribution is -0.144. The molecule has 4 atom stereocenters. The van der Waals surface area contributed by atoms with Gasteiger partial charge in [-0.2, -0.15) is 24.4 Å². The first-order valence-corrected chi connectivity index (χ1v) is 12.3. The summed E-state index contributed by atoms with van der Waals surface area (Å²) >= 11 is 5.55. The van der Waals surface area contributed by atoms with Gasteiger partial charge in [-0.1, -0.05) is 0 Å². The highest BCUT2D eigenvalue weighted by molar-refractivity contribution is 7.98. The van der Waals surface area contributed by atoms with E-state index in [1.54, 1.807) is 0 Å². The van der Waals surface area contributed by atoms with Crippen molar-refractivity contribution in [1.82, 2.24) is 25.5 Å². The van der Waals surface area contributed by atoms with Gasteiger partial charge in [-0.15, -0.1) is 0 Å². The number of carbonyl (C=O) groups is 4. The van der Waals surface area contributed by atoms with Crippen LogP contribution in [0.1, 0.15) is 25.0 Å². The number of carboxylic acid groups (broad SMARTS) is 1. The molecule has 1 aliphatic heterocycles. The number of carbonyl (C=O) groups excluding carboxylic acids is 3. The van der Waals surface area contributed by atoms with Gasteiger partial charge in [-0.25, -0.2) is 9.78 Å². The molecule has 1 aliphatic rings. The summed E-state index contributed by atoms with van der Waals surface area (Å²) in [4.78, 5) is 58.1. The van der Waals surface area contributed by atoms with Gasteiger partial charge in [0.25, 0.3) is 0 Å². The van der Waals surface area contributed by atoms with E-state index >= 15 is 0 Å². The number of imidazole rings is 1. The van der Waals surface area contributed by atoms with Gasteiger partial charge in [-0.3, -0.25) is 14.4 Å². The zero-order valence-corrected chi connectivity index (χ0v) is 19.5. The molecule has 0 spiro atoms. The first-order chi connectivity index (χ1) is 15.3. The molecule has 6 N–H and O–H groups in total. The summed E-state index contributed by atoms with van der Waals surface area (Å²) in [5, 5.41) is 14.7. The van der Waals surface area contributed by atoms with Gasteiger partial charge in [-0.05, 0) is 31.3 Å². The zero-order chi connectivity index (χ0) is 23.7. The highest BCUT2D eigenvalue weighted by Crippen LogP contribution is 2.20. The smallest absolute Gasteiger partial charge is 0.326 e. The maximum absolute atomic E-state index is 13.2. The number of thioether (sulfide) groups is 1. The van der Waals surface area contributed by atoms with E-state index in [9.17, 15) is 24.3 Å². The Morgan fingerprint density at radius 2 is 2.12 bits per heavy atom. The summed E-state index contributed by atoms with van der Waals surface area (Å²) in [7, 11) is 0. The van der Waals surface area contributed by atoms with Crippen molar-refractivity contribution in [2.75, 3.05) is 24.3 Å². The third-order valence-electron chi connectivity index (χ3n) is 5.19. The van der Waals surface area contributed by atoms with Crippen LogP contribution in [0.25, 0.3) is 0 Å². The maximum atomic E-state index is 13.2. The molecule has 178 valence electrons.